The van der Waals surface area contributed by atoms with Gasteiger partial charge in [-0.25, -0.2) is 0 Å². The SMILES string of the molecule is CCCCC(CC)C(=O)n1nc(OCC(C)C)nc1-c1ccc(Cl)cc1Cl. The van der Waals surface area contributed by atoms with Gasteiger partial charge in [-0.1, -0.05) is 63.7 Å². The van der Waals surface area contributed by atoms with E-state index in [1.165, 1.54) is 4.68 Å². The van der Waals surface area contributed by atoms with Gasteiger partial charge in [0.15, 0.2) is 5.82 Å². The van der Waals surface area contributed by atoms with Crippen LogP contribution in [0.15, 0.2) is 18.2 Å². The molecular formula is C20H27Cl2N3O2. The lowest BCUT2D eigenvalue weighted by molar-refractivity contribution is 0.0804. The summed E-state index contributed by atoms with van der Waals surface area (Å²) < 4.78 is 7.00. The van der Waals surface area contributed by atoms with Crippen molar-refractivity contribution in [1.82, 2.24) is 14.8 Å². The first kappa shape index (κ1) is 21.7. The number of nitrogens with zero attached hydrogens (tertiary/aromatic N) is 3. The van der Waals surface area contributed by atoms with E-state index in [9.17, 15) is 4.79 Å². The van der Waals surface area contributed by atoms with Gasteiger partial charge in [-0.3, -0.25) is 4.79 Å². The normalized spacial score (nSPS) is 12.4. The molecule has 0 bridgehead atoms. The fourth-order valence-corrected chi connectivity index (χ4v) is 3.21. The highest BCUT2D eigenvalue weighted by atomic mass is 35.5. The highest BCUT2D eigenvalue weighted by molar-refractivity contribution is 6.36. The van der Waals surface area contributed by atoms with Gasteiger partial charge in [0.05, 0.1) is 11.6 Å². The molecule has 148 valence electrons. The molecule has 1 unspecified atom stereocenters. The Bertz CT molecular complexity index is 775. The molecule has 0 aliphatic heterocycles. The molecule has 1 atom stereocenters. The van der Waals surface area contributed by atoms with Gasteiger partial charge in [0, 0.05) is 16.5 Å². The first-order chi connectivity index (χ1) is 12.9. The van der Waals surface area contributed by atoms with Crippen molar-refractivity contribution >= 4 is 29.1 Å². The van der Waals surface area contributed by atoms with Gasteiger partial charge in [-0.05, 0) is 37.0 Å². The summed E-state index contributed by atoms with van der Waals surface area (Å²) in [6.45, 7) is 8.68. The molecule has 2 rings (SSSR count). The number of carbonyl (C=O) groups is 1. The summed E-state index contributed by atoms with van der Waals surface area (Å²) in [5.41, 5.74) is 0.603. The van der Waals surface area contributed by atoms with Gasteiger partial charge in [-0.15, -0.1) is 5.10 Å². The Labute approximate surface area is 171 Å². The summed E-state index contributed by atoms with van der Waals surface area (Å²) in [7, 11) is 0. The summed E-state index contributed by atoms with van der Waals surface area (Å²) in [6, 6.07) is 5.28. The van der Waals surface area contributed by atoms with Crippen LogP contribution in [0.2, 0.25) is 10.0 Å². The summed E-state index contributed by atoms with van der Waals surface area (Å²) in [4.78, 5) is 17.6. The van der Waals surface area contributed by atoms with Gasteiger partial charge in [-0.2, -0.15) is 9.67 Å². The molecule has 7 heteroatoms. The predicted octanol–water partition coefficient (Wildman–Crippen LogP) is 6.14. The Balaban J connectivity index is 2.45. The zero-order chi connectivity index (χ0) is 20.0. The molecule has 0 N–H and O–H groups in total. The molecule has 0 saturated heterocycles. The monoisotopic (exact) mass is 411 g/mol. The molecule has 0 aliphatic carbocycles. The largest absolute Gasteiger partial charge is 0.462 e. The third-order valence-electron chi connectivity index (χ3n) is 4.26. The van der Waals surface area contributed by atoms with E-state index in [-0.39, 0.29) is 17.8 Å². The minimum Gasteiger partial charge on any atom is -0.462 e. The molecule has 0 aliphatic rings. The highest BCUT2D eigenvalue weighted by Crippen LogP contribution is 2.31. The van der Waals surface area contributed by atoms with Crippen molar-refractivity contribution in [3.05, 3.63) is 28.2 Å². The maximum Gasteiger partial charge on any atom is 0.336 e. The molecule has 0 radical (unpaired) electrons. The highest BCUT2D eigenvalue weighted by Gasteiger charge is 2.25. The third-order valence-corrected chi connectivity index (χ3v) is 4.81. The molecule has 27 heavy (non-hydrogen) atoms. The van der Waals surface area contributed by atoms with Crippen LogP contribution in [-0.2, 0) is 0 Å². The third kappa shape index (κ3) is 5.69. The summed E-state index contributed by atoms with van der Waals surface area (Å²) in [5, 5.41) is 5.28. The second-order valence-electron chi connectivity index (χ2n) is 7.04. The number of aromatic nitrogens is 3. The first-order valence-corrected chi connectivity index (χ1v) is 10.2. The average Bonchev–Trinajstić information content (AvgIpc) is 3.04. The molecule has 1 heterocycles. The minimum atomic E-state index is -0.116. The van der Waals surface area contributed by atoms with Crippen molar-refractivity contribution in [3.63, 3.8) is 0 Å². The maximum absolute atomic E-state index is 13.1. The zero-order valence-corrected chi connectivity index (χ0v) is 17.8. The van der Waals surface area contributed by atoms with Crippen molar-refractivity contribution in [2.24, 2.45) is 11.8 Å². The van der Waals surface area contributed by atoms with Crippen molar-refractivity contribution in [2.75, 3.05) is 6.61 Å². The number of benzene rings is 1. The second-order valence-corrected chi connectivity index (χ2v) is 7.89. The number of unbranched alkanes of at least 4 members (excludes halogenated alkanes) is 1. The fourth-order valence-electron chi connectivity index (χ4n) is 2.72. The van der Waals surface area contributed by atoms with E-state index >= 15 is 0 Å². The summed E-state index contributed by atoms with van der Waals surface area (Å²) in [5.74, 6) is 0.506. The minimum absolute atomic E-state index is 0.0844. The molecular weight excluding hydrogens is 385 g/mol. The summed E-state index contributed by atoms with van der Waals surface area (Å²) in [6.07, 6.45) is 3.60. The Morgan fingerprint density at radius 2 is 2.00 bits per heavy atom. The van der Waals surface area contributed by atoms with Crippen molar-refractivity contribution < 1.29 is 9.53 Å². The number of rotatable bonds is 9. The predicted molar refractivity (Wildman–Crippen MR) is 110 cm³/mol. The van der Waals surface area contributed by atoms with Crippen LogP contribution in [0.25, 0.3) is 11.4 Å². The van der Waals surface area contributed by atoms with E-state index in [1.54, 1.807) is 18.2 Å². The average molecular weight is 412 g/mol. The topological polar surface area (TPSA) is 57.0 Å². The zero-order valence-electron chi connectivity index (χ0n) is 16.3. The standard InChI is InChI=1S/C20H27Cl2N3O2/c1-5-7-8-14(6-2)19(26)25-18(16-10-9-15(21)11-17(16)22)23-20(24-25)27-12-13(3)4/h9-11,13-14H,5-8,12H2,1-4H3. The number of carbonyl (C=O) groups excluding carboxylic acids is 1. The van der Waals surface area contributed by atoms with Gasteiger partial charge in [0.2, 0.25) is 0 Å². The van der Waals surface area contributed by atoms with Crippen molar-refractivity contribution in [1.29, 1.82) is 0 Å². The van der Waals surface area contributed by atoms with Crippen LogP contribution in [0.5, 0.6) is 6.01 Å². The number of ether oxygens (including phenoxy) is 1. The van der Waals surface area contributed by atoms with Gasteiger partial charge in [0.25, 0.3) is 5.91 Å². The molecule has 1 aromatic carbocycles. The van der Waals surface area contributed by atoms with Crippen LogP contribution in [-0.4, -0.2) is 27.3 Å². The van der Waals surface area contributed by atoms with Crippen LogP contribution >= 0.6 is 23.2 Å². The lowest BCUT2D eigenvalue weighted by atomic mass is 9.98. The molecule has 1 aromatic heterocycles. The van der Waals surface area contributed by atoms with Crippen LogP contribution in [0.3, 0.4) is 0 Å². The van der Waals surface area contributed by atoms with Crippen LogP contribution < -0.4 is 4.74 Å². The smallest absolute Gasteiger partial charge is 0.336 e. The van der Waals surface area contributed by atoms with Crippen molar-refractivity contribution in [3.8, 4) is 17.4 Å². The fraction of sp³-hybridized carbons (Fsp3) is 0.550. The van der Waals surface area contributed by atoms with E-state index in [4.69, 9.17) is 27.9 Å². The quantitative estimate of drug-likeness (QED) is 0.496. The van der Waals surface area contributed by atoms with Crippen LogP contribution in [0.1, 0.15) is 58.2 Å². The van der Waals surface area contributed by atoms with E-state index < -0.39 is 0 Å². The number of hydrogen-bond donors (Lipinski definition) is 0. The van der Waals surface area contributed by atoms with E-state index in [2.05, 4.69) is 17.0 Å². The van der Waals surface area contributed by atoms with Gasteiger partial charge < -0.3 is 4.74 Å². The number of halogens is 2. The van der Waals surface area contributed by atoms with E-state index in [0.717, 1.165) is 25.7 Å². The molecule has 2 aromatic rings. The number of hydrogen-bond acceptors (Lipinski definition) is 4. The van der Waals surface area contributed by atoms with Gasteiger partial charge >= 0.3 is 6.01 Å². The Hall–Kier alpha value is -1.59. The van der Waals surface area contributed by atoms with Crippen LogP contribution in [0, 0.1) is 11.8 Å². The first-order valence-electron chi connectivity index (χ1n) is 9.46. The molecule has 5 nitrogen and oxygen atoms in total. The Morgan fingerprint density at radius 3 is 2.59 bits per heavy atom. The lowest BCUT2D eigenvalue weighted by Gasteiger charge is -2.14. The van der Waals surface area contributed by atoms with E-state index in [0.29, 0.717) is 34.0 Å². The van der Waals surface area contributed by atoms with Crippen molar-refractivity contribution in [2.45, 2.75) is 53.4 Å². The van der Waals surface area contributed by atoms with Gasteiger partial charge in [0.1, 0.15) is 0 Å². The van der Waals surface area contributed by atoms with E-state index in [1.807, 2.05) is 20.8 Å². The maximum atomic E-state index is 13.1. The van der Waals surface area contributed by atoms with Crippen LogP contribution in [0.4, 0.5) is 0 Å². The molecule has 0 fully saturated rings. The Morgan fingerprint density at radius 1 is 1.26 bits per heavy atom. The molecule has 0 amide bonds. The second kappa shape index (κ2) is 10.1. The summed E-state index contributed by atoms with van der Waals surface area (Å²) >= 11 is 12.4. The Kier molecular flexibility index (Phi) is 8.11. The molecule has 0 saturated carbocycles. The lowest BCUT2D eigenvalue weighted by Crippen LogP contribution is -2.23. The molecule has 0 spiro atoms.